The number of nitrogens with one attached hydrogen (secondary N) is 1. The van der Waals surface area contributed by atoms with Crippen LogP contribution < -0.4 is 5.32 Å². The van der Waals surface area contributed by atoms with Crippen LogP contribution >= 0.6 is 11.6 Å². The topological polar surface area (TPSA) is 12.0 Å². The SMILES string of the molecule is CNC(Cc1ccc(F)cc1Cl)c1ccc(C(C)C)cc1. The van der Waals surface area contributed by atoms with Crippen molar-refractivity contribution in [2.45, 2.75) is 32.2 Å². The normalized spacial score (nSPS) is 12.7. The zero-order valence-corrected chi connectivity index (χ0v) is 13.4. The van der Waals surface area contributed by atoms with Crippen molar-refractivity contribution >= 4 is 11.6 Å². The minimum atomic E-state index is -0.300. The first kappa shape index (κ1) is 16.0. The Kier molecular flexibility index (Phi) is 5.38. The molecule has 0 fully saturated rings. The lowest BCUT2D eigenvalue weighted by Gasteiger charge is -2.18. The van der Waals surface area contributed by atoms with Gasteiger partial charge in [0.15, 0.2) is 0 Å². The van der Waals surface area contributed by atoms with Gasteiger partial charge in [0.1, 0.15) is 5.82 Å². The van der Waals surface area contributed by atoms with E-state index in [-0.39, 0.29) is 11.9 Å². The summed E-state index contributed by atoms with van der Waals surface area (Å²) in [6, 6.07) is 13.4. The summed E-state index contributed by atoms with van der Waals surface area (Å²) in [5, 5.41) is 3.79. The summed E-state index contributed by atoms with van der Waals surface area (Å²) in [5.41, 5.74) is 3.49. The highest BCUT2D eigenvalue weighted by Crippen LogP contribution is 2.25. The average Bonchev–Trinajstić information content (AvgIpc) is 2.47. The van der Waals surface area contributed by atoms with Crippen LogP contribution in [-0.2, 0) is 6.42 Å². The first-order valence-electron chi connectivity index (χ1n) is 7.22. The van der Waals surface area contributed by atoms with Crippen molar-refractivity contribution in [3.8, 4) is 0 Å². The molecule has 1 unspecified atom stereocenters. The molecule has 0 amide bonds. The van der Waals surface area contributed by atoms with E-state index in [9.17, 15) is 4.39 Å². The number of hydrogen-bond acceptors (Lipinski definition) is 1. The molecule has 1 N–H and O–H groups in total. The highest BCUT2D eigenvalue weighted by atomic mass is 35.5. The fraction of sp³-hybridized carbons (Fsp3) is 0.333. The van der Waals surface area contributed by atoms with Crippen molar-refractivity contribution < 1.29 is 4.39 Å². The third kappa shape index (κ3) is 4.05. The summed E-state index contributed by atoms with van der Waals surface area (Å²) in [6.07, 6.45) is 0.733. The van der Waals surface area contributed by atoms with Crippen LogP contribution in [0.2, 0.25) is 5.02 Å². The van der Waals surface area contributed by atoms with E-state index in [2.05, 4.69) is 43.4 Å². The Morgan fingerprint density at radius 1 is 1.05 bits per heavy atom. The first-order chi connectivity index (χ1) is 10.0. The van der Waals surface area contributed by atoms with Crippen molar-refractivity contribution in [3.05, 3.63) is 70.0 Å². The van der Waals surface area contributed by atoms with Crippen molar-refractivity contribution in [2.75, 3.05) is 7.05 Å². The Morgan fingerprint density at radius 3 is 2.19 bits per heavy atom. The van der Waals surface area contributed by atoms with Gasteiger partial charge in [0, 0.05) is 11.1 Å². The first-order valence-corrected chi connectivity index (χ1v) is 7.60. The van der Waals surface area contributed by atoms with Crippen LogP contribution in [0.4, 0.5) is 4.39 Å². The van der Waals surface area contributed by atoms with Crippen molar-refractivity contribution in [1.29, 1.82) is 0 Å². The van der Waals surface area contributed by atoms with Crippen LogP contribution in [0.25, 0.3) is 0 Å². The van der Waals surface area contributed by atoms with Gasteiger partial charge in [-0.25, -0.2) is 4.39 Å². The number of benzene rings is 2. The summed E-state index contributed by atoms with van der Waals surface area (Å²) < 4.78 is 13.1. The number of likely N-dealkylation sites (N-methyl/N-ethyl adjacent to an activating group) is 1. The van der Waals surface area contributed by atoms with Gasteiger partial charge in [0.05, 0.1) is 0 Å². The third-order valence-corrected chi connectivity index (χ3v) is 4.14. The molecule has 1 atom stereocenters. The molecule has 2 aromatic rings. The van der Waals surface area contributed by atoms with E-state index in [0.29, 0.717) is 10.9 Å². The molecule has 0 heterocycles. The zero-order valence-electron chi connectivity index (χ0n) is 12.7. The van der Waals surface area contributed by atoms with E-state index >= 15 is 0 Å². The monoisotopic (exact) mass is 305 g/mol. The van der Waals surface area contributed by atoms with Gasteiger partial charge in [-0.05, 0) is 48.2 Å². The van der Waals surface area contributed by atoms with Gasteiger partial charge >= 0.3 is 0 Å². The molecule has 1 nitrogen and oxygen atoms in total. The fourth-order valence-electron chi connectivity index (χ4n) is 2.41. The van der Waals surface area contributed by atoms with Gasteiger partial charge in [-0.2, -0.15) is 0 Å². The maximum atomic E-state index is 13.1. The molecule has 3 heteroatoms. The average molecular weight is 306 g/mol. The van der Waals surface area contributed by atoms with Crippen LogP contribution in [0.5, 0.6) is 0 Å². The van der Waals surface area contributed by atoms with Crippen molar-refractivity contribution in [1.82, 2.24) is 5.32 Å². The number of rotatable bonds is 5. The molecular weight excluding hydrogens is 285 g/mol. The van der Waals surface area contributed by atoms with Crippen molar-refractivity contribution in [3.63, 3.8) is 0 Å². The maximum Gasteiger partial charge on any atom is 0.124 e. The van der Waals surface area contributed by atoms with Crippen LogP contribution in [0.1, 0.15) is 42.5 Å². The molecule has 0 aliphatic rings. The van der Waals surface area contributed by atoms with Gasteiger partial charge in [-0.3, -0.25) is 0 Å². The third-order valence-electron chi connectivity index (χ3n) is 3.79. The minimum Gasteiger partial charge on any atom is -0.313 e. The molecule has 0 radical (unpaired) electrons. The molecule has 0 saturated heterocycles. The second-order valence-electron chi connectivity index (χ2n) is 5.60. The van der Waals surface area contributed by atoms with E-state index in [1.165, 1.54) is 23.3 Å². The highest BCUT2D eigenvalue weighted by molar-refractivity contribution is 6.31. The standard InChI is InChI=1S/C18H21ClFN/c1-12(2)13-4-6-14(7-5-13)18(21-3)10-15-8-9-16(20)11-17(15)19/h4-9,11-12,18,21H,10H2,1-3H3. The molecular formula is C18H21ClFN. The van der Waals surface area contributed by atoms with E-state index in [0.717, 1.165) is 12.0 Å². The summed E-state index contributed by atoms with van der Waals surface area (Å²) in [6.45, 7) is 4.37. The van der Waals surface area contributed by atoms with Gasteiger partial charge < -0.3 is 5.32 Å². The van der Waals surface area contributed by atoms with Crippen molar-refractivity contribution in [2.24, 2.45) is 0 Å². The lowest BCUT2D eigenvalue weighted by molar-refractivity contribution is 0.588. The molecule has 0 aliphatic carbocycles. The molecule has 2 aromatic carbocycles. The lowest BCUT2D eigenvalue weighted by Crippen LogP contribution is -2.19. The predicted molar refractivity (Wildman–Crippen MR) is 87.4 cm³/mol. The quantitative estimate of drug-likeness (QED) is 0.810. The van der Waals surface area contributed by atoms with E-state index in [1.807, 2.05) is 7.05 Å². The van der Waals surface area contributed by atoms with Crippen LogP contribution in [0.3, 0.4) is 0 Å². The van der Waals surface area contributed by atoms with E-state index in [1.54, 1.807) is 6.07 Å². The van der Waals surface area contributed by atoms with Gasteiger partial charge in [-0.15, -0.1) is 0 Å². The molecule has 2 rings (SSSR count). The molecule has 112 valence electrons. The van der Waals surface area contributed by atoms with Gasteiger partial charge in [0.2, 0.25) is 0 Å². The molecule has 0 spiro atoms. The Labute approximate surface area is 131 Å². The molecule has 0 aliphatic heterocycles. The Balaban J connectivity index is 2.19. The summed E-state index contributed by atoms with van der Waals surface area (Å²) in [7, 11) is 1.93. The van der Waals surface area contributed by atoms with E-state index in [4.69, 9.17) is 11.6 Å². The zero-order chi connectivity index (χ0) is 15.4. The molecule has 0 bridgehead atoms. The summed E-state index contributed by atoms with van der Waals surface area (Å²) >= 11 is 6.12. The van der Waals surface area contributed by atoms with Gasteiger partial charge in [-0.1, -0.05) is 55.8 Å². The van der Waals surface area contributed by atoms with E-state index < -0.39 is 0 Å². The second kappa shape index (κ2) is 7.06. The fourth-order valence-corrected chi connectivity index (χ4v) is 2.65. The molecule has 21 heavy (non-hydrogen) atoms. The maximum absolute atomic E-state index is 13.1. The largest absolute Gasteiger partial charge is 0.313 e. The molecule has 0 aromatic heterocycles. The smallest absolute Gasteiger partial charge is 0.124 e. The van der Waals surface area contributed by atoms with Gasteiger partial charge in [0.25, 0.3) is 0 Å². The highest BCUT2D eigenvalue weighted by Gasteiger charge is 2.13. The molecule has 0 saturated carbocycles. The van der Waals surface area contributed by atoms with Crippen LogP contribution in [0.15, 0.2) is 42.5 Å². The number of halogens is 2. The van der Waals surface area contributed by atoms with Crippen LogP contribution in [-0.4, -0.2) is 7.05 Å². The summed E-state index contributed by atoms with van der Waals surface area (Å²) in [5.74, 6) is 0.227. The summed E-state index contributed by atoms with van der Waals surface area (Å²) in [4.78, 5) is 0. The lowest BCUT2D eigenvalue weighted by atomic mass is 9.95. The predicted octanol–water partition coefficient (Wildman–Crippen LogP) is 5.11. The number of hydrogen-bond donors (Lipinski definition) is 1. The van der Waals surface area contributed by atoms with Crippen LogP contribution in [0, 0.1) is 5.82 Å². The Bertz CT molecular complexity index is 593. The Hall–Kier alpha value is -1.38. The second-order valence-corrected chi connectivity index (χ2v) is 6.01. The minimum absolute atomic E-state index is 0.161. The Morgan fingerprint density at radius 2 is 1.67 bits per heavy atom.